The van der Waals surface area contributed by atoms with E-state index in [4.69, 9.17) is 11.6 Å². The minimum Gasteiger partial charge on any atom is -0.352 e. The molecule has 0 aromatic heterocycles. The molecule has 1 aliphatic rings. The number of aryl methyl sites for hydroxylation is 1. The van der Waals surface area contributed by atoms with Crippen molar-refractivity contribution < 1.29 is 31.2 Å². The number of carbonyl (C=O) groups excluding carboxylic acids is 2. The Morgan fingerprint density at radius 3 is 2.26 bits per heavy atom. The summed E-state index contributed by atoms with van der Waals surface area (Å²) >= 11 is 6.11. The number of rotatable bonds is 9. The lowest BCUT2D eigenvalue weighted by molar-refractivity contribution is -0.139. The Labute approximate surface area is 232 Å². The van der Waals surface area contributed by atoms with E-state index in [0.717, 1.165) is 56.1 Å². The highest BCUT2D eigenvalue weighted by Gasteiger charge is 2.35. The maximum absolute atomic E-state index is 13.7. The molecule has 0 spiro atoms. The van der Waals surface area contributed by atoms with E-state index in [1.807, 2.05) is 19.1 Å². The fraction of sp³-hybridized carbons (Fsp3) is 0.481. The zero-order chi connectivity index (χ0) is 29.0. The monoisotopic (exact) mass is 587 g/mol. The number of nitrogens with zero attached hydrogens (tertiary/aromatic N) is 2. The molecule has 1 aliphatic carbocycles. The molecule has 0 radical (unpaired) electrons. The molecule has 1 fully saturated rings. The average molecular weight is 588 g/mol. The van der Waals surface area contributed by atoms with Gasteiger partial charge in [-0.3, -0.25) is 13.9 Å². The molecule has 2 aromatic rings. The first-order chi connectivity index (χ1) is 18.2. The Hall–Kier alpha value is -2.79. The van der Waals surface area contributed by atoms with Crippen LogP contribution in [0.25, 0.3) is 0 Å². The van der Waals surface area contributed by atoms with Crippen LogP contribution in [0, 0.1) is 6.92 Å². The summed E-state index contributed by atoms with van der Waals surface area (Å²) < 4.78 is 66.1. The quantitative estimate of drug-likeness (QED) is 0.431. The van der Waals surface area contributed by atoms with Gasteiger partial charge >= 0.3 is 6.18 Å². The van der Waals surface area contributed by atoms with E-state index >= 15 is 0 Å². The van der Waals surface area contributed by atoms with E-state index in [1.165, 1.54) is 4.90 Å². The second-order valence-corrected chi connectivity index (χ2v) is 12.3. The van der Waals surface area contributed by atoms with Gasteiger partial charge in [-0.05, 0) is 50.5 Å². The lowest BCUT2D eigenvalue weighted by Gasteiger charge is -2.33. The third-order valence-electron chi connectivity index (χ3n) is 6.81. The van der Waals surface area contributed by atoms with Crippen LogP contribution in [0.3, 0.4) is 0 Å². The molecule has 2 amide bonds. The fourth-order valence-corrected chi connectivity index (χ4v) is 5.64. The van der Waals surface area contributed by atoms with E-state index in [0.29, 0.717) is 15.9 Å². The molecule has 1 N–H and O–H groups in total. The van der Waals surface area contributed by atoms with E-state index in [9.17, 15) is 31.2 Å². The zero-order valence-electron chi connectivity index (χ0n) is 22.1. The summed E-state index contributed by atoms with van der Waals surface area (Å²) in [5.74, 6) is -1.15. The molecule has 1 unspecified atom stereocenters. The number of amides is 2. The maximum Gasteiger partial charge on any atom is 0.416 e. The third-order valence-corrected chi connectivity index (χ3v) is 8.26. The lowest BCUT2D eigenvalue weighted by Crippen LogP contribution is -2.53. The van der Waals surface area contributed by atoms with E-state index < -0.39 is 45.9 Å². The van der Waals surface area contributed by atoms with Gasteiger partial charge < -0.3 is 10.2 Å². The standard InChI is InChI=1S/C27H33ClF3N3O4S/c1-18-9-11-20(12-10-18)16-33(19(2)26(36)32-22-7-5-4-6-8-22)25(35)17-34(39(3,37)38)24-15-21(27(29,30)31)13-14-23(24)28/h9-15,19,22H,4-8,16-17H2,1-3H3,(H,32,36). The predicted octanol–water partition coefficient (Wildman–Crippen LogP) is 5.30. The summed E-state index contributed by atoms with van der Waals surface area (Å²) in [6.07, 6.45) is 0.773. The molecule has 0 heterocycles. The Kier molecular flexibility index (Phi) is 9.93. The van der Waals surface area contributed by atoms with Gasteiger partial charge in [0.1, 0.15) is 12.6 Å². The largest absolute Gasteiger partial charge is 0.416 e. The molecule has 7 nitrogen and oxygen atoms in total. The number of nitrogens with one attached hydrogen (secondary N) is 1. The molecule has 39 heavy (non-hydrogen) atoms. The smallest absolute Gasteiger partial charge is 0.352 e. The van der Waals surface area contributed by atoms with Crippen molar-refractivity contribution in [1.29, 1.82) is 0 Å². The molecule has 3 rings (SSSR count). The normalized spacial score (nSPS) is 15.5. The van der Waals surface area contributed by atoms with Crippen LogP contribution in [-0.4, -0.2) is 50.0 Å². The lowest BCUT2D eigenvalue weighted by atomic mass is 9.95. The number of sulfonamides is 1. The van der Waals surface area contributed by atoms with Gasteiger partial charge in [0.15, 0.2) is 0 Å². The summed E-state index contributed by atoms with van der Waals surface area (Å²) in [7, 11) is -4.24. The minimum absolute atomic E-state index is 0.00765. The number of halogens is 4. The van der Waals surface area contributed by atoms with Crippen LogP contribution in [-0.2, 0) is 32.3 Å². The molecule has 1 saturated carbocycles. The highest BCUT2D eigenvalue weighted by atomic mass is 35.5. The van der Waals surface area contributed by atoms with Gasteiger partial charge in [-0.2, -0.15) is 13.2 Å². The summed E-state index contributed by atoms with van der Waals surface area (Å²) in [5.41, 5.74) is 0.105. The van der Waals surface area contributed by atoms with Crippen LogP contribution in [0.2, 0.25) is 5.02 Å². The van der Waals surface area contributed by atoms with E-state index in [1.54, 1.807) is 19.1 Å². The minimum atomic E-state index is -4.75. The maximum atomic E-state index is 13.7. The average Bonchev–Trinajstić information content (AvgIpc) is 2.86. The number of hydrogen-bond acceptors (Lipinski definition) is 4. The summed E-state index contributed by atoms with van der Waals surface area (Å²) in [6, 6.07) is 8.55. The van der Waals surface area contributed by atoms with Crippen LogP contribution in [0.4, 0.5) is 18.9 Å². The van der Waals surface area contributed by atoms with Crippen molar-refractivity contribution in [3.63, 3.8) is 0 Å². The number of carbonyl (C=O) groups is 2. The Bertz CT molecular complexity index is 1280. The fourth-order valence-electron chi connectivity index (χ4n) is 4.52. The van der Waals surface area contributed by atoms with Gasteiger partial charge in [0, 0.05) is 12.6 Å². The first-order valence-electron chi connectivity index (χ1n) is 12.7. The van der Waals surface area contributed by atoms with Crippen molar-refractivity contribution in [2.24, 2.45) is 0 Å². The third kappa shape index (κ3) is 8.35. The highest BCUT2D eigenvalue weighted by Crippen LogP contribution is 2.36. The summed E-state index contributed by atoms with van der Waals surface area (Å²) in [6.45, 7) is 2.60. The van der Waals surface area contributed by atoms with Crippen molar-refractivity contribution in [3.8, 4) is 0 Å². The van der Waals surface area contributed by atoms with Crippen molar-refractivity contribution >= 4 is 39.1 Å². The molecular weight excluding hydrogens is 555 g/mol. The van der Waals surface area contributed by atoms with E-state index in [-0.39, 0.29) is 23.5 Å². The highest BCUT2D eigenvalue weighted by molar-refractivity contribution is 7.92. The van der Waals surface area contributed by atoms with Crippen molar-refractivity contribution in [2.45, 2.75) is 70.8 Å². The van der Waals surface area contributed by atoms with Crippen LogP contribution < -0.4 is 9.62 Å². The number of benzene rings is 2. The topological polar surface area (TPSA) is 86.8 Å². The molecule has 0 aliphatic heterocycles. The second kappa shape index (κ2) is 12.6. The van der Waals surface area contributed by atoms with Gasteiger partial charge in [0.25, 0.3) is 0 Å². The van der Waals surface area contributed by atoms with Gasteiger partial charge in [0.2, 0.25) is 21.8 Å². The summed E-state index contributed by atoms with van der Waals surface area (Å²) in [4.78, 5) is 28.1. The van der Waals surface area contributed by atoms with Crippen LogP contribution in [0.1, 0.15) is 55.7 Å². The van der Waals surface area contributed by atoms with Crippen molar-refractivity contribution in [3.05, 3.63) is 64.2 Å². The van der Waals surface area contributed by atoms with Crippen molar-refractivity contribution in [2.75, 3.05) is 17.1 Å². The molecule has 12 heteroatoms. The van der Waals surface area contributed by atoms with Gasteiger partial charge in [-0.15, -0.1) is 0 Å². The zero-order valence-corrected chi connectivity index (χ0v) is 23.7. The van der Waals surface area contributed by atoms with Gasteiger partial charge in [-0.25, -0.2) is 8.42 Å². The molecular formula is C27H33ClF3N3O4S. The Morgan fingerprint density at radius 2 is 1.69 bits per heavy atom. The predicted molar refractivity (Wildman–Crippen MR) is 145 cm³/mol. The van der Waals surface area contributed by atoms with E-state index in [2.05, 4.69) is 5.32 Å². The molecule has 2 aromatic carbocycles. The molecule has 0 saturated heterocycles. The number of hydrogen-bond donors (Lipinski definition) is 1. The van der Waals surface area contributed by atoms with Crippen molar-refractivity contribution in [1.82, 2.24) is 10.2 Å². The SMILES string of the molecule is Cc1ccc(CN(C(=O)CN(c2cc(C(F)(F)F)ccc2Cl)S(C)(=O)=O)C(C)C(=O)NC2CCCCC2)cc1. The molecule has 0 bridgehead atoms. The first-order valence-corrected chi connectivity index (χ1v) is 14.9. The van der Waals surface area contributed by atoms with Gasteiger partial charge in [0.05, 0.1) is 22.5 Å². The second-order valence-electron chi connectivity index (χ2n) is 9.96. The number of anilines is 1. The first kappa shape index (κ1) is 30.7. The Balaban J connectivity index is 1.94. The molecule has 214 valence electrons. The van der Waals surface area contributed by atoms with Crippen LogP contribution in [0.5, 0.6) is 0 Å². The van der Waals surface area contributed by atoms with Crippen LogP contribution in [0.15, 0.2) is 42.5 Å². The van der Waals surface area contributed by atoms with Gasteiger partial charge in [-0.1, -0.05) is 60.7 Å². The Morgan fingerprint density at radius 1 is 1.08 bits per heavy atom. The number of alkyl halides is 3. The summed E-state index contributed by atoms with van der Waals surface area (Å²) in [5, 5.41) is 2.72. The molecule has 1 atom stereocenters. The van der Waals surface area contributed by atoms with Crippen LogP contribution >= 0.6 is 11.6 Å².